The maximum atomic E-state index is 12.8. The van der Waals surface area contributed by atoms with E-state index in [1.807, 2.05) is 25.1 Å². The molecular weight excluding hydrogens is 356 g/mol. The number of phenols is 1. The van der Waals surface area contributed by atoms with E-state index in [-0.39, 0.29) is 11.7 Å². The van der Waals surface area contributed by atoms with Gasteiger partial charge in [0.1, 0.15) is 5.75 Å². The summed E-state index contributed by atoms with van der Waals surface area (Å²) in [5, 5.41) is 12.9. The number of carbonyl (C=O) groups is 2. The first-order valence-electron chi connectivity index (χ1n) is 9.17. The van der Waals surface area contributed by atoms with E-state index in [4.69, 9.17) is 4.74 Å². The van der Waals surface area contributed by atoms with Crippen LogP contribution >= 0.6 is 0 Å². The Morgan fingerprint density at radius 1 is 1.14 bits per heavy atom. The van der Waals surface area contributed by atoms with Crippen LogP contribution in [0, 0.1) is 0 Å². The molecule has 0 saturated carbocycles. The van der Waals surface area contributed by atoms with Gasteiger partial charge in [0.15, 0.2) is 6.10 Å². The Kier molecular flexibility index (Phi) is 5.89. The van der Waals surface area contributed by atoms with E-state index < -0.39 is 12.1 Å². The largest absolute Gasteiger partial charge is 0.508 e. The summed E-state index contributed by atoms with van der Waals surface area (Å²) in [4.78, 5) is 29.4. The fraction of sp³-hybridized carbons (Fsp3) is 0.227. The lowest BCUT2D eigenvalue weighted by atomic mass is 10.0. The van der Waals surface area contributed by atoms with Crippen molar-refractivity contribution in [3.05, 3.63) is 60.2 Å². The molecule has 1 amide bonds. The SMILES string of the molecule is CCCNC(=O)[C@H](C)OC(=O)c1cc(-c2ccc(O)cc2)nc2ccccc12. The van der Waals surface area contributed by atoms with Crippen molar-refractivity contribution in [3.8, 4) is 17.0 Å². The monoisotopic (exact) mass is 378 g/mol. The van der Waals surface area contributed by atoms with Gasteiger partial charge < -0.3 is 15.2 Å². The van der Waals surface area contributed by atoms with Gasteiger partial charge in [-0.05, 0) is 49.7 Å². The van der Waals surface area contributed by atoms with Crippen molar-refractivity contribution < 1.29 is 19.4 Å². The van der Waals surface area contributed by atoms with Gasteiger partial charge >= 0.3 is 5.97 Å². The molecule has 1 heterocycles. The van der Waals surface area contributed by atoms with E-state index in [1.54, 1.807) is 43.3 Å². The fourth-order valence-corrected chi connectivity index (χ4v) is 2.79. The maximum Gasteiger partial charge on any atom is 0.339 e. The van der Waals surface area contributed by atoms with Gasteiger partial charge in [-0.1, -0.05) is 25.1 Å². The first-order valence-corrected chi connectivity index (χ1v) is 9.17. The highest BCUT2D eigenvalue weighted by atomic mass is 16.5. The summed E-state index contributed by atoms with van der Waals surface area (Å²) in [5.41, 5.74) is 2.31. The number of aromatic hydroxyl groups is 1. The second kappa shape index (κ2) is 8.52. The molecule has 144 valence electrons. The molecule has 0 radical (unpaired) electrons. The van der Waals surface area contributed by atoms with Crippen LogP contribution in [-0.4, -0.2) is 34.6 Å². The molecule has 0 aliphatic heterocycles. The van der Waals surface area contributed by atoms with E-state index in [2.05, 4.69) is 10.3 Å². The Morgan fingerprint density at radius 2 is 1.86 bits per heavy atom. The Bertz CT molecular complexity index is 999. The molecule has 28 heavy (non-hydrogen) atoms. The summed E-state index contributed by atoms with van der Waals surface area (Å²) < 4.78 is 5.39. The molecule has 3 aromatic rings. The van der Waals surface area contributed by atoms with Crippen LogP contribution < -0.4 is 5.32 Å². The van der Waals surface area contributed by atoms with Crippen molar-refractivity contribution in [2.45, 2.75) is 26.4 Å². The van der Waals surface area contributed by atoms with Crippen LogP contribution in [0.25, 0.3) is 22.2 Å². The molecule has 0 saturated heterocycles. The van der Waals surface area contributed by atoms with Crippen molar-refractivity contribution in [1.82, 2.24) is 10.3 Å². The van der Waals surface area contributed by atoms with E-state index in [1.165, 1.54) is 0 Å². The third-order valence-electron chi connectivity index (χ3n) is 4.30. The molecule has 0 unspecified atom stereocenters. The molecule has 3 rings (SSSR count). The van der Waals surface area contributed by atoms with Gasteiger partial charge in [-0.15, -0.1) is 0 Å². The second-order valence-electron chi connectivity index (χ2n) is 6.46. The molecule has 1 aromatic heterocycles. The minimum Gasteiger partial charge on any atom is -0.508 e. The quantitative estimate of drug-likeness (QED) is 0.639. The molecular formula is C22H22N2O4. The number of rotatable bonds is 6. The number of benzene rings is 2. The topological polar surface area (TPSA) is 88.5 Å². The number of hydrogen-bond acceptors (Lipinski definition) is 5. The summed E-state index contributed by atoms with van der Waals surface area (Å²) in [5.74, 6) is -0.763. The zero-order valence-electron chi connectivity index (χ0n) is 15.8. The second-order valence-corrected chi connectivity index (χ2v) is 6.46. The third-order valence-corrected chi connectivity index (χ3v) is 4.30. The van der Waals surface area contributed by atoms with Crippen molar-refractivity contribution in [1.29, 1.82) is 0 Å². The molecule has 0 aliphatic carbocycles. The highest BCUT2D eigenvalue weighted by molar-refractivity contribution is 6.05. The van der Waals surface area contributed by atoms with Crippen molar-refractivity contribution >= 4 is 22.8 Å². The number of nitrogens with one attached hydrogen (secondary N) is 1. The number of amides is 1. The number of hydrogen-bond donors (Lipinski definition) is 2. The minimum atomic E-state index is -0.900. The Balaban J connectivity index is 1.96. The summed E-state index contributed by atoms with van der Waals surface area (Å²) in [7, 11) is 0. The maximum absolute atomic E-state index is 12.8. The van der Waals surface area contributed by atoms with Gasteiger partial charge in [0.05, 0.1) is 16.8 Å². The predicted octanol–water partition coefficient (Wildman–Crippen LogP) is 3.68. The van der Waals surface area contributed by atoms with E-state index >= 15 is 0 Å². The van der Waals surface area contributed by atoms with Crippen LogP contribution in [0.1, 0.15) is 30.6 Å². The zero-order chi connectivity index (χ0) is 20.1. The number of fused-ring (bicyclic) bond motifs is 1. The summed E-state index contributed by atoms with van der Waals surface area (Å²) in [6.07, 6.45) is -0.0969. The van der Waals surface area contributed by atoms with Crippen molar-refractivity contribution in [3.63, 3.8) is 0 Å². The van der Waals surface area contributed by atoms with E-state index in [0.29, 0.717) is 28.7 Å². The molecule has 2 N–H and O–H groups in total. The number of pyridine rings is 1. The van der Waals surface area contributed by atoms with Gasteiger partial charge in [0, 0.05) is 17.5 Å². The average molecular weight is 378 g/mol. The van der Waals surface area contributed by atoms with Crippen LogP contribution in [-0.2, 0) is 9.53 Å². The molecule has 1 atom stereocenters. The molecule has 0 fully saturated rings. The molecule has 0 spiro atoms. The number of para-hydroxylation sites is 1. The summed E-state index contributed by atoms with van der Waals surface area (Å²) >= 11 is 0. The standard InChI is InChI=1S/C22H22N2O4/c1-3-12-23-21(26)14(2)28-22(27)18-13-20(15-8-10-16(25)11-9-15)24-19-7-5-4-6-17(18)19/h4-11,13-14,25H,3,12H2,1-2H3,(H,23,26)/t14-/m0/s1. The lowest BCUT2D eigenvalue weighted by Crippen LogP contribution is -2.36. The number of aromatic nitrogens is 1. The highest BCUT2D eigenvalue weighted by Crippen LogP contribution is 2.26. The fourth-order valence-electron chi connectivity index (χ4n) is 2.79. The number of ether oxygens (including phenoxy) is 1. The predicted molar refractivity (Wildman–Crippen MR) is 107 cm³/mol. The highest BCUT2D eigenvalue weighted by Gasteiger charge is 2.21. The summed E-state index contributed by atoms with van der Waals surface area (Å²) in [6, 6.07) is 15.5. The van der Waals surface area contributed by atoms with E-state index in [9.17, 15) is 14.7 Å². The van der Waals surface area contributed by atoms with Gasteiger partial charge in [0.25, 0.3) is 5.91 Å². The van der Waals surface area contributed by atoms with Crippen LogP contribution in [0.4, 0.5) is 0 Å². The van der Waals surface area contributed by atoms with E-state index in [0.717, 1.165) is 12.0 Å². The summed E-state index contributed by atoms with van der Waals surface area (Å²) in [6.45, 7) is 4.03. The van der Waals surface area contributed by atoms with Crippen LogP contribution in [0.15, 0.2) is 54.6 Å². The Hall–Kier alpha value is -3.41. The van der Waals surface area contributed by atoms with Gasteiger partial charge in [0.2, 0.25) is 0 Å². The zero-order valence-corrected chi connectivity index (χ0v) is 15.8. The molecule has 0 bridgehead atoms. The van der Waals surface area contributed by atoms with Gasteiger partial charge in [-0.2, -0.15) is 0 Å². The number of nitrogens with zero attached hydrogens (tertiary/aromatic N) is 1. The van der Waals surface area contributed by atoms with Crippen LogP contribution in [0.3, 0.4) is 0 Å². The lowest BCUT2D eigenvalue weighted by molar-refractivity contribution is -0.129. The number of esters is 1. The first kappa shape index (κ1) is 19.4. The number of phenolic OH excluding ortho intramolecular Hbond substituents is 1. The lowest BCUT2D eigenvalue weighted by Gasteiger charge is -2.15. The Morgan fingerprint density at radius 3 is 2.57 bits per heavy atom. The first-order chi connectivity index (χ1) is 13.5. The van der Waals surface area contributed by atoms with Gasteiger partial charge in [-0.25, -0.2) is 9.78 Å². The molecule has 6 nitrogen and oxygen atoms in total. The van der Waals surface area contributed by atoms with Crippen molar-refractivity contribution in [2.75, 3.05) is 6.54 Å². The molecule has 2 aromatic carbocycles. The Labute approximate surface area is 163 Å². The minimum absolute atomic E-state index is 0.149. The molecule has 0 aliphatic rings. The van der Waals surface area contributed by atoms with Crippen LogP contribution in [0.2, 0.25) is 0 Å². The van der Waals surface area contributed by atoms with Crippen molar-refractivity contribution in [2.24, 2.45) is 0 Å². The smallest absolute Gasteiger partial charge is 0.339 e. The van der Waals surface area contributed by atoms with Crippen LogP contribution in [0.5, 0.6) is 5.75 Å². The average Bonchev–Trinajstić information content (AvgIpc) is 2.71. The number of carbonyl (C=O) groups excluding carboxylic acids is 2. The third kappa shape index (κ3) is 4.28. The van der Waals surface area contributed by atoms with Gasteiger partial charge in [-0.3, -0.25) is 4.79 Å². The normalized spacial score (nSPS) is 11.8. The molecule has 6 heteroatoms.